The van der Waals surface area contributed by atoms with Crippen LogP contribution in [0.25, 0.3) is 0 Å². The number of nitrogens with zero attached hydrogens (tertiary/aromatic N) is 3. The molecule has 0 aromatic carbocycles. The highest BCUT2D eigenvalue weighted by molar-refractivity contribution is 14.0. The molecule has 0 saturated carbocycles. The second-order valence-corrected chi connectivity index (χ2v) is 6.60. The van der Waals surface area contributed by atoms with Gasteiger partial charge < -0.3 is 20.3 Å². The maximum Gasteiger partial charge on any atom is 0.241 e. The zero-order valence-electron chi connectivity index (χ0n) is 14.9. The molecule has 25 heavy (non-hydrogen) atoms. The molecule has 142 valence electrons. The van der Waals surface area contributed by atoms with Gasteiger partial charge in [-0.3, -0.25) is 9.69 Å². The van der Waals surface area contributed by atoms with Gasteiger partial charge in [0.05, 0.1) is 26.3 Å². The van der Waals surface area contributed by atoms with Crippen molar-refractivity contribution in [1.82, 2.24) is 20.4 Å². The number of hydrogen-bond donors (Lipinski definition) is 2. The fraction of sp³-hybridized carbons (Fsp3) is 0.625. The average molecular weight is 481 g/mol. The molecule has 1 aliphatic heterocycles. The second kappa shape index (κ2) is 12.4. The van der Waals surface area contributed by atoms with Gasteiger partial charge in [-0.2, -0.15) is 11.3 Å². The molecular weight excluding hydrogens is 453 g/mol. The molecule has 0 unspecified atom stereocenters. The molecule has 1 fully saturated rings. The van der Waals surface area contributed by atoms with E-state index in [-0.39, 0.29) is 36.4 Å². The standard InChI is InChI=1S/C16H27N5O2S.HI/c1-20(2)15(22)12-19-16(18-11-14-3-10-24-13-14)17-4-5-21-6-8-23-9-7-21;/h3,10,13H,4-9,11-12H2,1-2H3,(H2,17,18,19);1H. The summed E-state index contributed by atoms with van der Waals surface area (Å²) in [6.07, 6.45) is 0. The van der Waals surface area contributed by atoms with Crippen LogP contribution in [-0.2, 0) is 16.1 Å². The molecule has 9 heteroatoms. The van der Waals surface area contributed by atoms with E-state index < -0.39 is 0 Å². The number of nitrogens with one attached hydrogen (secondary N) is 2. The van der Waals surface area contributed by atoms with Crippen molar-refractivity contribution < 1.29 is 9.53 Å². The highest BCUT2D eigenvalue weighted by Gasteiger charge is 2.10. The Hall–Kier alpha value is -0.910. The van der Waals surface area contributed by atoms with E-state index in [0.717, 1.165) is 39.4 Å². The molecule has 2 rings (SSSR count). The molecule has 1 aromatic heterocycles. The summed E-state index contributed by atoms with van der Waals surface area (Å²) in [6.45, 7) is 6.09. The molecule has 1 saturated heterocycles. The van der Waals surface area contributed by atoms with Gasteiger partial charge in [0.1, 0.15) is 0 Å². The van der Waals surface area contributed by atoms with Gasteiger partial charge in [-0.25, -0.2) is 4.99 Å². The summed E-state index contributed by atoms with van der Waals surface area (Å²) in [5, 5.41) is 10.5. The third-order valence-corrected chi connectivity index (χ3v) is 4.46. The molecule has 2 heterocycles. The second-order valence-electron chi connectivity index (χ2n) is 5.82. The summed E-state index contributed by atoms with van der Waals surface area (Å²) in [6, 6.07) is 2.06. The molecule has 7 nitrogen and oxygen atoms in total. The summed E-state index contributed by atoms with van der Waals surface area (Å²) >= 11 is 1.66. The number of rotatable bonds is 7. The number of likely N-dealkylation sites (N-methyl/N-ethyl adjacent to an activating group) is 1. The highest BCUT2D eigenvalue weighted by Crippen LogP contribution is 2.06. The first-order valence-corrected chi connectivity index (χ1v) is 9.13. The van der Waals surface area contributed by atoms with E-state index >= 15 is 0 Å². The zero-order valence-corrected chi connectivity index (χ0v) is 18.0. The minimum atomic E-state index is 0. The predicted octanol–water partition coefficient (Wildman–Crippen LogP) is 0.822. The average Bonchev–Trinajstić information content (AvgIpc) is 3.10. The molecule has 0 bridgehead atoms. The van der Waals surface area contributed by atoms with Crippen molar-refractivity contribution in [2.45, 2.75) is 6.54 Å². The Labute approximate surface area is 170 Å². The topological polar surface area (TPSA) is 69.2 Å². The van der Waals surface area contributed by atoms with Crippen LogP contribution in [0.3, 0.4) is 0 Å². The first kappa shape index (κ1) is 22.1. The Morgan fingerprint density at radius 1 is 1.36 bits per heavy atom. The lowest BCUT2D eigenvalue weighted by molar-refractivity contribution is -0.127. The van der Waals surface area contributed by atoms with E-state index in [1.54, 1.807) is 30.3 Å². The largest absolute Gasteiger partial charge is 0.379 e. The number of ether oxygens (including phenoxy) is 1. The Morgan fingerprint density at radius 2 is 2.12 bits per heavy atom. The van der Waals surface area contributed by atoms with Crippen LogP contribution in [0.1, 0.15) is 5.56 Å². The number of hydrogen-bond acceptors (Lipinski definition) is 5. The molecule has 1 aromatic rings. The quantitative estimate of drug-likeness (QED) is 0.343. The number of halogens is 1. The minimum absolute atomic E-state index is 0. The first-order chi connectivity index (χ1) is 11.6. The van der Waals surface area contributed by atoms with Gasteiger partial charge in [0.15, 0.2) is 5.96 Å². The van der Waals surface area contributed by atoms with Gasteiger partial charge in [0, 0.05) is 40.3 Å². The molecule has 1 amide bonds. The van der Waals surface area contributed by atoms with Gasteiger partial charge in [-0.1, -0.05) is 0 Å². The van der Waals surface area contributed by atoms with Crippen LogP contribution in [0.2, 0.25) is 0 Å². The van der Waals surface area contributed by atoms with Crippen molar-refractivity contribution in [2.75, 3.05) is 60.0 Å². The number of amides is 1. The smallest absolute Gasteiger partial charge is 0.241 e. The lowest BCUT2D eigenvalue weighted by Crippen LogP contribution is -2.46. The zero-order chi connectivity index (χ0) is 17.2. The highest BCUT2D eigenvalue weighted by atomic mass is 127. The number of carbonyl (C=O) groups is 1. The van der Waals surface area contributed by atoms with E-state index in [9.17, 15) is 4.79 Å². The van der Waals surface area contributed by atoms with Crippen LogP contribution in [0.4, 0.5) is 0 Å². The SMILES string of the molecule is CN(C)C(=O)CNC(=NCc1ccsc1)NCCN1CCOCC1.I. The maximum atomic E-state index is 11.8. The number of carbonyl (C=O) groups excluding carboxylic acids is 1. The van der Waals surface area contributed by atoms with Crippen LogP contribution in [0.5, 0.6) is 0 Å². The van der Waals surface area contributed by atoms with E-state index in [1.807, 2.05) is 5.38 Å². The van der Waals surface area contributed by atoms with E-state index in [2.05, 4.69) is 32.0 Å². The Bertz CT molecular complexity index is 519. The van der Waals surface area contributed by atoms with Gasteiger partial charge in [0.25, 0.3) is 0 Å². The van der Waals surface area contributed by atoms with Crippen LogP contribution < -0.4 is 10.6 Å². The molecule has 1 aliphatic rings. The first-order valence-electron chi connectivity index (χ1n) is 8.18. The predicted molar refractivity (Wildman–Crippen MR) is 113 cm³/mol. The van der Waals surface area contributed by atoms with Crippen molar-refractivity contribution in [3.05, 3.63) is 22.4 Å². The Morgan fingerprint density at radius 3 is 2.76 bits per heavy atom. The third kappa shape index (κ3) is 8.84. The van der Waals surface area contributed by atoms with Crippen molar-refractivity contribution in [2.24, 2.45) is 4.99 Å². The lowest BCUT2D eigenvalue weighted by atomic mass is 10.3. The van der Waals surface area contributed by atoms with Crippen LogP contribution >= 0.6 is 35.3 Å². The molecule has 0 atom stereocenters. The number of guanidine groups is 1. The fourth-order valence-electron chi connectivity index (χ4n) is 2.20. The fourth-order valence-corrected chi connectivity index (χ4v) is 2.86. The van der Waals surface area contributed by atoms with Crippen LogP contribution in [0, 0.1) is 0 Å². The van der Waals surface area contributed by atoms with Crippen molar-refractivity contribution in [3.63, 3.8) is 0 Å². The Kier molecular flexibility index (Phi) is 11.0. The summed E-state index contributed by atoms with van der Waals surface area (Å²) in [4.78, 5) is 20.3. The molecule has 2 N–H and O–H groups in total. The Balaban J connectivity index is 0.00000312. The lowest BCUT2D eigenvalue weighted by Gasteiger charge is -2.26. The van der Waals surface area contributed by atoms with E-state index in [1.165, 1.54) is 5.56 Å². The van der Waals surface area contributed by atoms with Crippen molar-refractivity contribution in [1.29, 1.82) is 0 Å². The molecular formula is C16H28IN5O2S. The van der Waals surface area contributed by atoms with Gasteiger partial charge in [-0.15, -0.1) is 24.0 Å². The minimum Gasteiger partial charge on any atom is -0.379 e. The van der Waals surface area contributed by atoms with Crippen molar-refractivity contribution >= 4 is 47.2 Å². The van der Waals surface area contributed by atoms with Gasteiger partial charge in [0.2, 0.25) is 5.91 Å². The monoisotopic (exact) mass is 481 g/mol. The molecule has 0 aliphatic carbocycles. The summed E-state index contributed by atoms with van der Waals surface area (Å²) < 4.78 is 5.36. The number of aliphatic imine (C=N–C) groups is 1. The number of morpholine rings is 1. The summed E-state index contributed by atoms with van der Waals surface area (Å²) in [5.74, 6) is 0.692. The maximum absolute atomic E-state index is 11.8. The van der Waals surface area contributed by atoms with Crippen LogP contribution in [0.15, 0.2) is 21.8 Å². The molecule has 0 radical (unpaired) electrons. The normalized spacial score (nSPS) is 15.4. The van der Waals surface area contributed by atoms with Gasteiger partial charge >= 0.3 is 0 Å². The van der Waals surface area contributed by atoms with E-state index in [4.69, 9.17) is 4.74 Å². The van der Waals surface area contributed by atoms with Crippen LogP contribution in [-0.4, -0.2) is 81.7 Å². The number of thiophene rings is 1. The third-order valence-electron chi connectivity index (χ3n) is 3.73. The summed E-state index contributed by atoms with van der Waals surface area (Å²) in [5.41, 5.74) is 1.17. The van der Waals surface area contributed by atoms with Gasteiger partial charge in [-0.05, 0) is 22.4 Å². The molecule has 0 spiro atoms. The summed E-state index contributed by atoms with van der Waals surface area (Å²) in [7, 11) is 3.50. The van der Waals surface area contributed by atoms with Crippen molar-refractivity contribution in [3.8, 4) is 0 Å². The van der Waals surface area contributed by atoms with E-state index in [0.29, 0.717) is 12.5 Å².